The van der Waals surface area contributed by atoms with Crippen LogP contribution in [0.5, 0.6) is 0 Å². The van der Waals surface area contributed by atoms with Crippen molar-refractivity contribution < 1.29 is 0 Å². The van der Waals surface area contributed by atoms with Crippen LogP contribution in [0.15, 0.2) is 36.5 Å². The van der Waals surface area contributed by atoms with Gasteiger partial charge in [0.15, 0.2) is 0 Å². The van der Waals surface area contributed by atoms with Gasteiger partial charge in [0.1, 0.15) is 0 Å². The molecule has 3 rings (SSSR count). The van der Waals surface area contributed by atoms with Crippen LogP contribution in [0, 0.1) is 0 Å². The smallest absolute Gasteiger partial charge is 0.0695 e. The first-order valence-electron chi connectivity index (χ1n) is 7.10. The maximum absolute atomic E-state index is 4.20. The molecule has 3 heteroatoms. The van der Waals surface area contributed by atoms with Gasteiger partial charge < -0.3 is 5.32 Å². The van der Waals surface area contributed by atoms with E-state index in [0.29, 0.717) is 5.54 Å². The molecule has 1 aliphatic rings. The minimum Gasteiger partial charge on any atom is -0.307 e. The fraction of sp³-hybridized carbons (Fsp3) is 0.438. The minimum atomic E-state index is 0.311. The average Bonchev–Trinajstić information content (AvgIpc) is 3.07. The first kappa shape index (κ1) is 12.4. The number of H-pyrrole nitrogens is 1. The van der Waals surface area contributed by atoms with Gasteiger partial charge in [0.25, 0.3) is 0 Å². The van der Waals surface area contributed by atoms with Gasteiger partial charge in [-0.15, -0.1) is 0 Å². The minimum absolute atomic E-state index is 0.311. The summed E-state index contributed by atoms with van der Waals surface area (Å²) in [5.74, 6) is 0. The highest BCUT2D eigenvalue weighted by atomic mass is 15.1. The third kappa shape index (κ3) is 2.71. The second kappa shape index (κ2) is 5.17. The number of hydrogen-bond donors (Lipinski definition) is 2. The average molecular weight is 255 g/mol. The molecule has 1 fully saturated rings. The summed E-state index contributed by atoms with van der Waals surface area (Å²) in [7, 11) is 0. The molecule has 19 heavy (non-hydrogen) atoms. The van der Waals surface area contributed by atoms with Crippen molar-refractivity contribution in [3.05, 3.63) is 42.1 Å². The largest absolute Gasteiger partial charge is 0.307 e. The standard InChI is InChI=1S/C16H21N3/c1-16(9-5-6-10-16)17-11-14-12-18-19-15(14)13-7-3-2-4-8-13/h2-4,7-8,12,17H,5-6,9-11H2,1H3,(H,18,19). The van der Waals surface area contributed by atoms with E-state index in [-0.39, 0.29) is 0 Å². The molecular formula is C16H21N3. The lowest BCUT2D eigenvalue weighted by Crippen LogP contribution is -2.38. The van der Waals surface area contributed by atoms with Gasteiger partial charge in [-0.1, -0.05) is 43.2 Å². The van der Waals surface area contributed by atoms with Crippen molar-refractivity contribution in [2.75, 3.05) is 0 Å². The second-order valence-corrected chi connectivity index (χ2v) is 5.76. The maximum Gasteiger partial charge on any atom is 0.0695 e. The van der Waals surface area contributed by atoms with E-state index in [1.165, 1.54) is 36.8 Å². The summed E-state index contributed by atoms with van der Waals surface area (Å²) in [5.41, 5.74) is 3.90. The van der Waals surface area contributed by atoms with Gasteiger partial charge >= 0.3 is 0 Å². The van der Waals surface area contributed by atoms with Gasteiger partial charge in [-0.2, -0.15) is 5.10 Å². The molecule has 0 radical (unpaired) electrons. The molecule has 1 aromatic heterocycles. The summed E-state index contributed by atoms with van der Waals surface area (Å²) in [6.45, 7) is 3.22. The van der Waals surface area contributed by atoms with Crippen LogP contribution in [-0.2, 0) is 6.54 Å². The van der Waals surface area contributed by atoms with Crippen LogP contribution in [0.1, 0.15) is 38.2 Å². The summed E-state index contributed by atoms with van der Waals surface area (Å²) in [4.78, 5) is 0. The van der Waals surface area contributed by atoms with Crippen molar-refractivity contribution in [3.8, 4) is 11.3 Å². The van der Waals surface area contributed by atoms with Crippen LogP contribution in [-0.4, -0.2) is 15.7 Å². The Labute approximate surface area is 114 Å². The molecule has 0 amide bonds. The molecular weight excluding hydrogens is 234 g/mol. The number of nitrogens with zero attached hydrogens (tertiary/aromatic N) is 1. The molecule has 1 aromatic carbocycles. The fourth-order valence-electron chi connectivity index (χ4n) is 2.94. The third-order valence-electron chi connectivity index (χ3n) is 4.19. The van der Waals surface area contributed by atoms with Crippen molar-refractivity contribution in [2.24, 2.45) is 0 Å². The Bertz CT molecular complexity index is 524. The molecule has 0 bridgehead atoms. The Balaban J connectivity index is 1.74. The van der Waals surface area contributed by atoms with Crippen LogP contribution in [0.3, 0.4) is 0 Å². The molecule has 1 saturated carbocycles. The van der Waals surface area contributed by atoms with Crippen LogP contribution in [0.25, 0.3) is 11.3 Å². The summed E-state index contributed by atoms with van der Waals surface area (Å²) < 4.78 is 0. The van der Waals surface area contributed by atoms with Crippen LogP contribution in [0.2, 0.25) is 0 Å². The lowest BCUT2D eigenvalue weighted by Gasteiger charge is -2.25. The molecule has 1 heterocycles. The van der Waals surface area contributed by atoms with Gasteiger partial charge in [-0.3, -0.25) is 5.10 Å². The van der Waals surface area contributed by atoms with Crippen LogP contribution >= 0.6 is 0 Å². The molecule has 1 aliphatic carbocycles. The number of nitrogens with one attached hydrogen (secondary N) is 2. The van der Waals surface area contributed by atoms with Gasteiger partial charge in [0.2, 0.25) is 0 Å². The van der Waals surface area contributed by atoms with E-state index in [2.05, 4.69) is 46.7 Å². The predicted molar refractivity (Wildman–Crippen MR) is 77.7 cm³/mol. The van der Waals surface area contributed by atoms with Gasteiger partial charge in [0, 0.05) is 17.6 Å². The summed E-state index contributed by atoms with van der Waals surface area (Å²) in [5, 5.41) is 11.0. The first-order chi connectivity index (χ1) is 9.27. The lowest BCUT2D eigenvalue weighted by molar-refractivity contribution is 0.363. The highest BCUT2D eigenvalue weighted by molar-refractivity contribution is 5.62. The normalized spacial score (nSPS) is 17.7. The predicted octanol–water partition coefficient (Wildman–Crippen LogP) is 3.50. The van der Waals surface area contributed by atoms with Gasteiger partial charge in [0.05, 0.1) is 11.9 Å². The third-order valence-corrected chi connectivity index (χ3v) is 4.19. The number of benzene rings is 1. The zero-order chi connectivity index (χ0) is 13.1. The van der Waals surface area contributed by atoms with E-state index in [1.807, 2.05) is 12.3 Å². The number of rotatable bonds is 4. The van der Waals surface area contributed by atoms with Crippen LogP contribution in [0.4, 0.5) is 0 Å². The molecule has 100 valence electrons. The Morgan fingerprint density at radius 2 is 1.95 bits per heavy atom. The monoisotopic (exact) mass is 255 g/mol. The second-order valence-electron chi connectivity index (χ2n) is 5.76. The number of aromatic nitrogens is 2. The number of aromatic amines is 1. The van der Waals surface area contributed by atoms with E-state index in [4.69, 9.17) is 0 Å². The molecule has 2 N–H and O–H groups in total. The van der Waals surface area contributed by atoms with Crippen molar-refractivity contribution >= 4 is 0 Å². The van der Waals surface area contributed by atoms with E-state index in [0.717, 1.165) is 12.2 Å². The molecule has 0 aliphatic heterocycles. The summed E-state index contributed by atoms with van der Waals surface area (Å²) >= 11 is 0. The molecule has 0 saturated heterocycles. The molecule has 3 nitrogen and oxygen atoms in total. The zero-order valence-electron chi connectivity index (χ0n) is 11.4. The van der Waals surface area contributed by atoms with Crippen LogP contribution < -0.4 is 5.32 Å². The van der Waals surface area contributed by atoms with Gasteiger partial charge in [-0.25, -0.2) is 0 Å². The van der Waals surface area contributed by atoms with E-state index in [9.17, 15) is 0 Å². The van der Waals surface area contributed by atoms with E-state index in [1.54, 1.807) is 0 Å². The Morgan fingerprint density at radius 1 is 1.21 bits per heavy atom. The topological polar surface area (TPSA) is 40.7 Å². The SMILES string of the molecule is CC1(NCc2cn[nH]c2-c2ccccc2)CCCC1. The van der Waals surface area contributed by atoms with Gasteiger partial charge in [-0.05, 0) is 25.3 Å². The number of hydrogen-bond acceptors (Lipinski definition) is 2. The summed E-state index contributed by atoms with van der Waals surface area (Å²) in [6, 6.07) is 10.4. The lowest BCUT2D eigenvalue weighted by atomic mass is 10.00. The quantitative estimate of drug-likeness (QED) is 0.878. The Morgan fingerprint density at radius 3 is 2.68 bits per heavy atom. The van der Waals surface area contributed by atoms with Crippen molar-refractivity contribution in [2.45, 2.75) is 44.7 Å². The fourth-order valence-corrected chi connectivity index (χ4v) is 2.94. The van der Waals surface area contributed by atoms with E-state index < -0.39 is 0 Å². The maximum atomic E-state index is 4.20. The highest BCUT2D eigenvalue weighted by Crippen LogP contribution is 2.30. The highest BCUT2D eigenvalue weighted by Gasteiger charge is 2.27. The van der Waals surface area contributed by atoms with E-state index >= 15 is 0 Å². The summed E-state index contributed by atoms with van der Waals surface area (Å²) in [6.07, 6.45) is 7.20. The van der Waals surface area contributed by atoms with Crippen molar-refractivity contribution in [3.63, 3.8) is 0 Å². The first-order valence-corrected chi connectivity index (χ1v) is 7.10. The molecule has 0 spiro atoms. The molecule has 0 unspecified atom stereocenters. The molecule has 0 atom stereocenters. The zero-order valence-corrected chi connectivity index (χ0v) is 11.4. The van der Waals surface area contributed by atoms with Crippen molar-refractivity contribution in [1.82, 2.24) is 15.5 Å². The Kier molecular flexibility index (Phi) is 3.38. The Hall–Kier alpha value is -1.61. The molecule has 2 aromatic rings. The van der Waals surface area contributed by atoms with Crippen molar-refractivity contribution in [1.29, 1.82) is 0 Å².